The molecule has 0 bridgehead atoms. The van der Waals surface area contributed by atoms with Crippen LogP contribution in [-0.2, 0) is 6.54 Å². The van der Waals surface area contributed by atoms with E-state index in [1.807, 2.05) is 24.3 Å². The van der Waals surface area contributed by atoms with Crippen LogP contribution in [0, 0.1) is 0 Å². The summed E-state index contributed by atoms with van der Waals surface area (Å²) in [4.78, 5) is 0. The van der Waals surface area contributed by atoms with Crippen LogP contribution in [0.25, 0.3) is 0 Å². The third-order valence-corrected chi connectivity index (χ3v) is 2.96. The van der Waals surface area contributed by atoms with Crippen molar-refractivity contribution in [3.63, 3.8) is 0 Å². The van der Waals surface area contributed by atoms with Gasteiger partial charge >= 0.3 is 0 Å². The number of benzene rings is 2. The van der Waals surface area contributed by atoms with Crippen molar-refractivity contribution in [1.29, 1.82) is 0 Å². The van der Waals surface area contributed by atoms with Gasteiger partial charge in [0, 0.05) is 17.3 Å². The first kappa shape index (κ1) is 12.2. The van der Waals surface area contributed by atoms with Crippen molar-refractivity contribution in [3.8, 4) is 0 Å². The zero-order chi connectivity index (χ0) is 12.3. The first-order chi connectivity index (χ1) is 8.19. The number of nitrogens with two attached hydrogens (primary N) is 1. The molecule has 0 atom stereocenters. The van der Waals surface area contributed by atoms with E-state index in [1.54, 1.807) is 18.2 Å². The van der Waals surface area contributed by atoms with Gasteiger partial charge in [-0.05, 0) is 35.9 Å². The Morgan fingerprint density at radius 1 is 1.00 bits per heavy atom. The highest BCUT2D eigenvalue weighted by Crippen LogP contribution is 2.28. The van der Waals surface area contributed by atoms with E-state index in [4.69, 9.17) is 28.9 Å². The highest BCUT2D eigenvalue weighted by atomic mass is 35.5. The second kappa shape index (κ2) is 5.41. The highest BCUT2D eigenvalue weighted by molar-refractivity contribution is 6.35. The predicted molar refractivity (Wildman–Crippen MR) is 74.1 cm³/mol. The fourth-order valence-corrected chi connectivity index (χ4v) is 1.81. The maximum absolute atomic E-state index is 6.06. The van der Waals surface area contributed by atoms with Gasteiger partial charge in [0.1, 0.15) is 0 Å². The average molecular weight is 267 g/mol. The Bertz CT molecular complexity index is 509. The van der Waals surface area contributed by atoms with Crippen molar-refractivity contribution in [2.24, 2.45) is 5.73 Å². The van der Waals surface area contributed by atoms with Crippen molar-refractivity contribution < 1.29 is 0 Å². The zero-order valence-electron chi connectivity index (χ0n) is 9.08. The normalized spacial score (nSPS) is 10.3. The minimum Gasteiger partial charge on any atom is -0.354 e. The fourth-order valence-electron chi connectivity index (χ4n) is 1.47. The van der Waals surface area contributed by atoms with Gasteiger partial charge in [0.05, 0.1) is 10.7 Å². The molecule has 0 amide bonds. The number of nitrogens with one attached hydrogen (secondary N) is 1. The standard InChI is InChI=1S/C13H12Cl2N2/c14-10-3-6-12(15)13(7-10)17-11-4-1-9(8-16)2-5-11/h1-7,17H,8,16H2. The fraction of sp³-hybridized carbons (Fsp3) is 0.0769. The number of halogens is 2. The molecule has 88 valence electrons. The number of anilines is 2. The van der Waals surface area contributed by atoms with Crippen LogP contribution in [0.3, 0.4) is 0 Å². The molecule has 2 aromatic carbocycles. The minimum atomic E-state index is 0.540. The van der Waals surface area contributed by atoms with E-state index in [0.717, 1.165) is 16.9 Å². The number of rotatable bonds is 3. The second-order valence-corrected chi connectivity index (χ2v) is 4.49. The Morgan fingerprint density at radius 2 is 1.71 bits per heavy atom. The molecule has 3 N–H and O–H groups in total. The molecule has 0 fully saturated rings. The average Bonchev–Trinajstić information content (AvgIpc) is 2.35. The topological polar surface area (TPSA) is 38.0 Å². The van der Waals surface area contributed by atoms with E-state index in [9.17, 15) is 0 Å². The van der Waals surface area contributed by atoms with E-state index in [0.29, 0.717) is 16.6 Å². The zero-order valence-corrected chi connectivity index (χ0v) is 10.6. The molecule has 0 aliphatic carbocycles. The quantitative estimate of drug-likeness (QED) is 0.874. The van der Waals surface area contributed by atoms with Crippen LogP contribution in [0.4, 0.5) is 11.4 Å². The van der Waals surface area contributed by atoms with Crippen molar-refractivity contribution >= 4 is 34.6 Å². The van der Waals surface area contributed by atoms with Gasteiger partial charge in [-0.2, -0.15) is 0 Å². The Morgan fingerprint density at radius 3 is 2.35 bits per heavy atom. The second-order valence-electron chi connectivity index (χ2n) is 3.65. The molecule has 2 nitrogen and oxygen atoms in total. The summed E-state index contributed by atoms with van der Waals surface area (Å²) < 4.78 is 0. The van der Waals surface area contributed by atoms with E-state index < -0.39 is 0 Å². The monoisotopic (exact) mass is 266 g/mol. The Balaban J connectivity index is 2.22. The van der Waals surface area contributed by atoms with Gasteiger partial charge in [0.25, 0.3) is 0 Å². The van der Waals surface area contributed by atoms with Gasteiger partial charge in [0.2, 0.25) is 0 Å². The SMILES string of the molecule is NCc1ccc(Nc2cc(Cl)ccc2Cl)cc1. The molecule has 0 aliphatic heterocycles. The molecule has 2 aromatic rings. The van der Waals surface area contributed by atoms with Gasteiger partial charge in [-0.1, -0.05) is 35.3 Å². The minimum absolute atomic E-state index is 0.540. The Kier molecular flexibility index (Phi) is 3.89. The smallest absolute Gasteiger partial charge is 0.0642 e. The first-order valence-corrected chi connectivity index (χ1v) is 5.96. The third kappa shape index (κ3) is 3.13. The van der Waals surface area contributed by atoms with Gasteiger partial charge < -0.3 is 11.1 Å². The van der Waals surface area contributed by atoms with Crippen molar-refractivity contribution in [2.75, 3.05) is 5.32 Å². The molecule has 0 unspecified atom stereocenters. The summed E-state index contributed by atoms with van der Waals surface area (Å²) in [5.41, 5.74) is 8.37. The van der Waals surface area contributed by atoms with Crippen LogP contribution in [0.1, 0.15) is 5.56 Å². The molecule has 17 heavy (non-hydrogen) atoms. The van der Waals surface area contributed by atoms with Gasteiger partial charge in [-0.15, -0.1) is 0 Å². The van der Waals surface area contributed by atoms with Gasteiger partial charge in [0.15, 0.2) is 0 Å². The molecule has 0 radical (unpaired) electrons. The summed E-state index contributed by atoms with van der Waals surface area (Å²) in [6.07, 6.45) is 0. The van der Waals surface area contributed by atoms with Gasteiger partial charge in [-0.25, -0.2) is 0 Å². The number of hydrogen-bond donors (Lipinski definition) is 2. The van der Waals surface area contributed by atoms with E-state index in [-0.39, 0.29) is 0 Å². The van der Waals surface area contributed by atoms with Crippen LogP contribution in [0.5, 0.6) is 0 Å². The molecular weight excluding hydrogens is 255 g/mol. The summed E-state index contributed by atoms with van der Waals surface area (Å²) in [5.74, 6) is 0. The third-order valence-electron chi connectivity index (χ3n) is 2.40. The van der Waals surface area contributed by atoms with Crippen LogP contribution < -0.4 is 11.1 Å². The van der Waals surface area contributed by atoms with Gasteiger partial charge in [-0.3, -0.25) is 0 Å². The maximum Gasteiger partial charge on any atom is 0.0642 e. The van der Waals surface area contributed by atoms with Crippen LogP contribution in [-0.4, -0.2) is 0 Å². The lowest BCUT2D eigenvalue weighted by Crippen LogP contribution is -1.96. The lowest BCUT2D eigenvalue weighted by molar-refractivity contribution is 1.07. The molecule has 0 aliphatic rings. The summed E-state index contributed by atoms with van der Waals surface area (Å²) in [5, 5.41) is 4.49. The molecule has 0 heterocycles. The lowest BCUT2D eigenvalue weighted by atomic mass is 10.2. The van der Waals surface area contributed by atoms with E-state index in [1.165, 1.54) is 0 Å². The molecule has 2 rings (SSSR count). The maximum atomic E-state index is 6.06. The molecule has 0 spiro atoms. The largest absolute Gasteiger partial charge is 0.354 e. The summed E-state index contributed by atoms with van der Waals surface area (Å²) in [6.45, 7) is 0.540. The molecule has 0 saturated carbocycles. The van der Waals surface area contributed by atoms with Crippen LogP contribution in [0.2, 0.25) is 10.0 Å². The molecule has 0 saturated heterocycles. The lowest BCUT2D eigenvalue weighted by Gasteiger charge is -2.09. The summed E-state index contributed by atoms with van der Waals surface area (Å²) in [7, 11) is 0. The highest BCUT2D eigenvalue weighted by Gasteiger charge is 2.01. The molecule has 0 aromatic heterocycles. The molecular formula is C13H12Cl2N2. The number of hydrogen-bond acceptors (Lipinski definition) is 2. The van der Waals surface area contributed by atoms with E-state index in [2.05, 4.69) is 5.32 Å². The van der Waals surface area contributed by atoms with Crippen LogP contribution in [0.15, 0.2) is 42.5 Å². The van der Waals surface area contributed by atoms with Crippen LogP contribution >= 0.6 is 23.2 Å². The van der Waals surface area contributed by atoms with E-state index >= 15 is 0 Å². The Hall–Kier alpha value is -1.22. The predicted octanol–water partition coefficient (Wildman–Crippen LogP) is 4.20. The van der Waals surface area contributed by atoms with Crippen molar-refractivity contribution in [3.05, 3.63) is 58.1 Å². The summed E-state index contributed by atoms with van der Waals surface area (Å²) in [6, 6.07) is 13.2. The van der Waals surface area contributed by atoms with Crippen molar-refractivity contribution in [2.45, 2.75) is 6.54 Å². The van der Waals surface area contributed by atoms with Crippen molar-refractivity contribution in [1.82, 2.24) is 0 Å². The summed E-state index contributed by atoms with van der Waals surface area (Å²) >= 11 is 12.0. The first-order valence-electron chi connectivity index (χ1n) is 5.20. The molecule has 4 heteroatoms. The Labute approximate surface area is 110 Å².